The second-order valence-corrected chi connectivity index (χ2v) is 2.68. The fourth-order valence-electron chi connectivity index (χ4n) is 1.40. The Morgan fingerprint density at radius 1 is 1.60 bits per heavy atom. The zero-order valence-corrected chi connectivity index (χ0v) is 5.71. The van der Waals surface area contributed by atoms with Gasteiger partial charge >= 0.3 is 0 Å². The van der Waals surface area contributed by atoms with Crippen molar-refractivity contribution in [2.45, 2.75) is 25.3 Å². The van der Waals surface area contributed by atoms with Crippen molar-refractivity contribution in [3.8, 4) is 0 Å². The molecule has 58 valence electrons. The number of hydrogen-bond acceptors (Lipinski definition) is 3. The number of hydrogen-bond donors (Lipinski definition) is 3. The van der Waals surface area contributed by atoms with Gasteiger partial charge in [-0.1, -0.05) is 6.42 Å². The Hall–Kier alpha value is -0.610. The molecule has 0 aromatic carbocycles. The Kier molecular flexibility index (Phi) is 2.24. The predicted octanol–water partition coefficient (Wildman–Crippen LogP) is -0.381. The molecule has 0 aliphatic heterocycles. The van der Waals surface area contributed by atoms with E-state index in [9.17, 15) is 4.79 Å². The van der Waals surface area contributed by atoms with Gasteiger partial charge in [0.1, 0.15) is 0 Å². The van der Waals surface area contributed by atoms with E-state index in [4.69, 9.17) is 10.9 Å². The third-order valence-electron chi connectivity index (χ3n) is 2.02. The maximum absolute atomic E-state index is 10.8. The minimum absolute atomic E-state index is 0.0628. The van der Waals surface area contributed by atoms with Gasteiger partial charge in [0.15, 0.2) is 0 Å². The molecule has 1 aliphatic rings. The molecule has 0 radical (unpaired) electrons. The smallest absolute Gasteiger partial charge is 0.248 e. The van der Waals surface area contributed by atoms with Crippen LogP contribution in [0.3, 0.4) is 0 Å². The van der Waals surface area contributed by atoms with Crippen LogP contribution in [0.1, 0.15) is 19.3 Å². The molecule has 0 aromatic rings. The Morgan fingerprint density at radius 3 is 2.70 bits per heavy atom. The van der Waals surface area contributed by atoms with Crippen LogP contribution in [0.15, 0.2) is 0 Å². The highest BCUT2D eigenvalue weighted by atomic mass is 16.5. The summed E-state index contributed by atoms with van der Waals surface area (Å²) in [5.41, 5.74) is 7.20. The molecule has 4 nitrogen and oxygen atoms in total. The van der Waals surface area contributed by atoms with Crippen LogP contribution in [-0.4, -0.2) is 17.2 Å². The summed E-state index contributed by atoms with van der Waals surface area (Å²) in [6, 6.07) is -0.0628. The summed E-state index contributed by atoms with van der Waals surface area (Å²) < 4.78 is 0. The summed E-state index contributed by atoms with van der Waals surface area (Å²) in [4.78, 5) is 10.8. The molecule has 1 amide bonds. The average molecular weight is 144 g/mol. The minimum atomic E-state index is -0.343. The normalized spacial score (nSPS) is 32.2. The Balaban J connectivity index is 2.46. The largest absolute Gasteiger partial charge is 0.327 e. The monoisotopic (exact) mass is 144 g/mol. The van der Waals surface area contributed by atoms with Crippen LogP contribution < -0.4 is 11.2 Å². The zero-order valence-electron chi connectivity index (χ0n) is 5.71. The molecule has 1 rings (SSSR count). The number of carbonyl (C=O) groups excluding carboxylic acids is 1. The standard InChI is InChI=1S/C6H12N2O2/c7-5-3-1-2-4(5)6(9)8-10/h4-5,10H,1-3,7H2,(H,8,9). The van der Waals surface area contributed by atoms with Crippen molar-refractivity contribution in [3.05, 3.63) is 0 Å². The molecule has 2 atom stereocenters. The van der Waals surface area contributed by atoms with Crippen LogP contribution >= 0.6 is 0 Å². The molecule has 2 unspecified atom stereocenters. The number of amides is 1. The van der Waals surface area contributed by atoms with Crippen LogP contribution in [0.25, 0.3) is 0 Å². The van der Waals surface area contributed by atoms with Gasteiger partial charge in [-0.3, -0.25) is 10.0 Å². The summed E-state index contributed by atoms with van der Waals surface area (Å²) in [6.07, 6.45) is 2.67. The van der Waals surface area contributed by atoms with E-state index in [1.165, 1.54) is 0 Å². The van der Waals surface area contributed by atoms with Gasteiger partial charge in [-0.05, 0) is 12.8 Å². The fraction of sp³-hybridized carbons (Fsp3) is 0.833. The second kappa shape index (κ2) is 2.98. The van der Waals surface area contributed by atoms with Crippen molar-refractivity contribution in [3.63, 3.8) is 0 Å². The lowest BCUT2D eigenvalue weighted by Crippen LogP contribution is -2.37. The minimum Gasteiger partial charge on any atom is -0.327 e. The average Bonchev–Trinajstić information content (AvgIpc) is 2.34. The van der Waals surface area contributed by atoms with Gasteiger partial charge < -0.3 is 5.73 Å². The molecule has 0 heterocycles. The van der Waals surface area contributed by atoms with Crippen LogP contribution in [0, 0.1) is 5.92 Å². The van der Waals surface area contributed by atoms with Crippen molar-refractivity contribution < 1.29 is 10.0 Å². The molecule has 0 spiro atoms. The summed E-state index contributed by atoms with van der Waals surface area (Å²) in [6.45, 7) is 0. The van der Waals surface area contributed by atoms with E-state index in [0.717, 1.165) is 19.3 Å². The van der Waals surface area contributed by atoms with Crippen molar-refractivity contribution in [1.82, 2.24) is 5.48 Å². The van der Waals surface area contributed by atoms with Gasteiger partial charge in [-0.25, -0.2) is 5.48 Å². The molecule has 0 aromatic heterocycles. The van der Waals surface area contributed by atoms with Gasteiger partial charge in [-0.2, -0.15) is 0 Å². The van der Waals surface area contributed by atoms with E-state index in [2.05, 4.69) is 0 Å². The molecular weight excluding hydrogens is 132 g/mol. The van der Waals surface area contributed by atoms with Crippen LogP contribution in [0.5, 0.6) is 0 Å². The quantitative estimate of drug-likeness (QED) is 0.347. The number of nitrogens with one attached hydrogen (secondary N) is 1. The highest BCUT2D eigenvalue weighted by molar-refractivity contribution is 5.78. The predicted molar refractivity (Wildman–Crippen MR) is 35.2 cm³/mol. The van der Waals surface area contributed by atoms with Crippen molar-refractivity contribution in [2.24, 2.45) is 11.7 Å². The first-order valence-electron chi connectivity index (χ1n) is 3.45. The van der Waals surface area contributed by atoms with Crippen LogP contribution in [0.4, 0.5) is 0 Å². The van der Waals surface area contributed by atoms with Crippen molar-refractivity contribution >= 4 is 5.91 Å². The van der Waals surface area contributed by atoms with E-state index in [-0.39, 0.29) is 17.9 Å². The van der Waals surface area contributed by atoms with E-state index in [0.29, 0.717) is 0 Å². The number of rotatable bonds is 1. The van der Waals surface area contributed by atoms with Gasteiger partial charge in [0.25, 0.3) is 0 Å². The van der Waals surface area contributed by atoms with E-state index in [1.54, 1.807) is 5.48 Å². The summed E-state index contributed by atoms with van der Waals surface area (Å²) in [5.74, 6) is -0.519. The van der Waals surface area contributed by atoms with Gasteiger partial charge in [0.05, 0.1) is 5.92 Å². The molecule has 0 saturated heterocycles. The highest BCUT2D eigenvalue weighted by Crippen LogP contribution is 2.23. The molecule has 1 aliphatic carbocycles. The maximum atomic E-state index is 10.8. The van der Waals surface area contributed by atoms with Gasteiger partial charge in [-0.15, -0.1) is 0 Å². The molecule has 4 N–H and O–H groups in total. The first-order chi connectivity index (χ1) is 4.75. The Bertz CT molecular complexity index is 138. The maximum Gasteiger partial charge on any atom is 0.248 e. The van der Waals surface area contributed by atoms with E-state index in [1.807, 2.05) is 0 Å². The zero-order chi connectivity index (χ0) is 7.56. The van der Waals surface area contributed by atoms with E-state index < -0.39 is 0 Å². The number of hydroxylamine groups is 1. The molecule has 10 heavy (non-hydrogen) atoms. The number of carbonyl (C=O) groups is 1. The van der Waals surface area contributed by atoms with Gasteiger partial charge in [0.2, 0.25) is 5.91 Å². The number of nitrogens with two attached hydrogens (primary N) is 1. The summed E-state index contributed by atoms with van der Waals surface area (Å²) >= 11 is 0. The fourth-order valence-corrected chi connectivity index (χ4v) is 1.40. The highest BCUT2D eigenvalue weighted by Gasteiger charge is 2.29. The molecule has 1 saturated carbocycles. The lowest BCUT2D eigenvalue weighted by molar-refractivity contribution is -0.133. The van der Waals surface area contributed by atoms with Gasteiger partial charge in [0, 0.05) is 6.04 Å². The molecular formula is C6H12N2O2. The lowest BCUT2D eigenvalue weighted by atomic mass is 10.0. The Labute approximate surface area is 59.4 Å². The van der Waals surface area contributed by atoms with Crippen LogP contribution in [-0.2, 0) is 4.79 Å². The first kappa shape index (κ1) is 7.50. The van der Waals surface area contributed by atoms with E-state index >= 15 is 0 Å². The lowest BCUT2D eigenvalue weighted by Gasteiger charge is -2.11. The third-order valence-corrected chi connectivity index (χ3v) is 2.02. The van der Waals surface area contributed by atoms with Crippen molar-refractivity contribution in [1.29, 1.82) is 0 Å². The molecule has 0 bridgehead atoms. The van der Waals surface area contributed by atoms with Crippen molar-refractivity contribution in [2.75, 3.05) is 0 Å². The topological polar surface area (TPSA) is 75.4 Å². The Morgan fingerprint density at radius 2 is 2.30 bits per heavy atom. The van der Waals surface area contributed by atoms with Crippen LogP contribution in [0.2, 0.25) is 0 Å². The molecule has 4 heteroatoms. The second-order valence-electron chi connectivity index (χ2n) is 2.68. The first-order valence-corrected chi connectivity index (χ1v) is 3.45. The summed E-state index contributed by atoms with van der Waals surface area (Å²) in [7, 11) is 0. The summed E-state index contributed by atoms with van der Waals surface area (Å²) in [5, 5.41) is 8.26. The molecule has 1 fully saturated rings. The third kappa shape index (κ3) is 1.27. The SMILES string of the molecule is NC1CCCC1C(=O)NO.